The van der Waals surface area contributed by atoms with E-state index in [4.69, 9.17) is 8.83 Å². The van der Waals surface area contributed by atoms with Crippen LogP contribution in [0.5, 0.6) is 0 Å². The van der Waals surface area contributed by atoms with Crippen molar-refractivity contribution < 1.29 is 8.83 Å². The van der Waals surface area contributed by atoms with Crippen molar-refractivity contribution in [2.45, 2.75) is 0 Å². The van der Waals surface area contributed by atoms with Gasteiger partial charge in [-0.25, -0.2) is 0 Å². The minimum Gasteiger partial charge on any atom is -0.456 e. The third-order valence-electron chi connectivity index (χ3n) is 12.5. The molecule has 0 saturated heterocycles. The summed E-state index contributed by atoms with van der Waals surface area (Å²) in [7, 11) is 0. The Bertz CT molecular complexity index is 3630. The lowest BCUT2D eigenvalue weighted by Crippen LogP contribution is -2.09. The molecule has 0 fully saturated rings. The molecule has 2 heterocycles. The van der Waals surface area contributed by atoms with E-state index in [0.717, 1.165) is 99.5 Å². The number of para-hydroxylation sites is 2. The number of benzene rings is 11. The van der Waals surface area contributed by atoms with E-state index in [0.29, 0.717) is 0 Å². The molecule has 11 aromatic carbocycles. The first-order chi connectivity index (χ1) is 30.7. The van der Waals surface area contributed by atoms with Crippen molar-refractivity contribution in [3.05, 3.63) is 218 Å². The summed E-state index contributed by atoms with van der Waals surface area (Å²) in [5.41, 5.74) is 9.98. The number of hydrogen-bond donors (Lipinski definition) is 0. The second-order valence-electron chi connectivity index (χ2n) is 16.2. The van der Waals surface area contributed by atoms with Gasteiger partial charge in [0.05, 0.1) is 0 Å². The van der Waals surface area contributed by atoms with Crippen LogP contribution in [0, 0.1) is 0 Å². The highest BCUT2D eigenvalue weighted by Crippen LogP contribution is 2.43. The van der Waals surface area contributed by atoms with Gasteiger partial charge in [0.25, 0.3) is 0 Å². The van der Waals surface area contributed by atoms with E-state index < -0.39 is 0 Å². The van der Waals surface area contributed by atoms with Gasteiger partial charge in [-0.15, -0.1) is 0 Å². The molecule has 0 atom stereocenters. The van der Waals surface area contributed by atoms with E-state index in [-0.39, 0.29) is 0 Å². The molecule has 0 aliphatic carbocycles. The van der Waals surface area contributed by atoms with Crippen LogP contribution >= 0.6 is 0 Å². The zero-order chi connectivity index (χ0) is 40.7. The Hall–Kier alpha value is -8.34. The molecule has 0 bridgehead atoms. The monoisotopic (exact) mass is 792 g/mol. The van der Waals surface area contributed by atoms with E-state index in [1.165, 1.54) is 21.5 Å². The number of anilines is 6. The Balaban J connectivity index is 0.900. The molecule has 0 radical (unpaired) electrons. The van der Waals surface area contributed by atoms with Gasteiger partial charge in [0, 0.05) is 55.7 Å². The van der Waals surface area contributed by atoms with Crippen LogP contribution in [0.2, 0.25) is 0 Å². The van der Waals surface area contributed by atoms with Gasteiger partial charge in [-0.2, -0.15) is 0 Å². The number of rotatable bonds is 6. The number of hydrogen-bond acceptors (Lipinski definition) is 4. The zero-order valence-corrected chi connectivity index (χ0v) is 33.5. The number of furan rings is 2. The van der Waals surface area contributed by atoms with Gasteiger partial charge in [-0.05, 0) is 152 Å². The molecule has 0 spiro atoms. The molecular weight excluding hydrogens is 757 g/mol. The third kappa shape index (κ3) is 5.62. The average molecular weight is 793 g/mol. The molecule has 0 saturated carbocycles. The molecule has 2 aromatic heterocycles. The summed E-state index contributed by atoms with van der Waals surface area (Å²) in [4.78, 5) is 4.64. The van der Waals surface area contributed by atoms with E-state index in [1.54, 1.807) is 0 Å². The van der Waals surface area contributed by atoms with Crippen LogP contribution in [0.15, 0.2) is 227 Å². The highest BCUT2D eigenvalue weighted by atomic mass is 16.3. The van der Waals surface area contributed by atoms with Crippen molar-refractivity contribution >= 4 is 121 Å². The zero-order valence-electron chi connectivity index (χ0n) is 33.5. The molecule has 0 unspecified atom stereocenters. The Kier molecular flexibility index (Phi) is 7.57. The van der Waals surface area contributed by atoms with Crippen molar-refractivity contribution in [1.29, 1.82) is 0 Å². The largest absolute Gasteiger partial charge is 0.456 e. The highest BCUT2D eigenvalue weighted by Gasteiger charge is 2.19. The van der Waals surface area contributed by atoms with Crippen LogP contribution in [0.25, 0.3) is 87.0 Å². The standard InChI is InChI=1S/C58H36N2O2/c1-3-15-45(16-4-1)59(47-23-19-37-11-7-9-13-39(37)27-47)49-25-21-41-31-51-53-35-58-54(36-57(53)61-55(51)33-43(41)29-49)52-32-42-22-26-50(30-44(42)34-56(52)62-58)60(46-17-5-2-6-18-46)48-24-20-38-12-8-10-14-40(38)28-48/h1-36H. The smallest absolute Gasteiger partial charge is 0.136 e. The Morgan fingerprint density at radius 1 is 0.210 bits per heavy atom. The van der Waals surface area contributed by atoms with Crippen molar-refractivity contribution in [2.24, 2.45) is 0 Å². The lowest BCUT2D eigenvalue weighted by atomic mass is 10.0. The predicted molar refractivity (Wildman–Crippen MR) is 260 cm³/mol. The molecule has 0 aliphatic rings. The first kappa shape index (κ1) is 34.5. The fraction of sp³-hybridized carbons (Fsp3) is 0. The minimum atomic E-state index is 0.845. The SMILES string of the molecule is c1ccc(N(c2ccc3ccccc3c2)c2ccc3cc4c(cc3c2)oc2cc3c(cc24)oc2cc4cc(N(c5ccccc5)c5ccc6ccccc6c5)ccc4cc23)cc1. The van der Waals surface area contributed by atoms with Gasteiger partial charge in [0.15, 0.2) is 0 Å². The van der Waals surface area contributed by atoms with Gasteiger partial charge in [0.2, 0.25) is 0 Å². The van der Waals surface area contributed by atoms with Crippen LogP contribution < -0.4 is 9.80 Å². The molecule has 0 amide bonds. The molecule has 4 nitrogen and oxygen atoms in total. The van der Waals surface area contributed by atoms with E-state index in [9.17, 15) is 0 Å². The van der Waals surface area contributed by atoms with E-state index >= 15 is 0 Å². The van der Waals surface area contributed by atoms with Crippen molar-refractivity contribution in [2.75, 3.05) is 9.80 Å². The second-order valence-corrected chi connectivity index (χ2v) is 16.2. The Morgan fingerprint density at radius 2 is 0.516 bits per heavy atom. The fourth-order valence-electron chi connectivity index (χ4n) is 9.46. The number of fused-ring (bicyclic) bond motifs is 10. The van der Waals surface area contributed by atoms with Gasteiger partial charge >= 0.3 is 0 Å². The summed E-state index contributed by atoms with van der Waals surface area (Å²) in [5, 5.41) is 13.6. The molecule has 13 rings (SSSR count). The summed E-state index contributed by atoms with van der Waals surface area (Å²) in [6.45, 7) is 0. The lowest BCUT2D eigenvalue weighted by molar-refractivity contribution is 0.664. The normalized spacial score (nSPS) is 11.9. The van der Waals surface area contributed by atoms with Gasteiger partial charge < -0.3 is 18.6 Å². The minimum absolute atomic E-state index is 0.845. The topological polar surface area (TPSA) is 32.8 Å². The van der Waals surface area contributed by atoms with E-state index in [2.05, 4.69) is 228 Å². The maximum atomic E-state index is 6.68. The summed E-state index contributed by atoms with van der Waals surface area (Å²) in [6.07, 6.45) is 0. The third-order valence-corrected chi connectivity index (χ3v) is 12.5. The Morgan fingerprint density at radius 3 is 0.935 bits per heavy atom. The molecular formula is C58H36N2O2. The van der Waals surface area contributed by atoms with E-state index in [1.807, 2.05) is 0 Å². The first-order valence-corrected chi connectivity index (χ1v) is 21.1. The lowest BCUT2D eigenvalue weighted by Gasteiger charge is -2.26. The Labute approximate surface area is 356 Å². The number of nitrogens with zero attached hydrogens (tertiary/aromatic N) is 2. The summed E-state index contributed by atoms with van der Waals surface area (Å²) < 4.78 is 13.4. The molecule has 62 heavy (non-hydrogen) atoms. The molecule has 290 valence electrons. The average Bonchev–Trinajstić information content (AvgIpc) is 3.85. The summed E-state index contributed by atoms with van der Waals surface area (Å²) >= 11 is 0. The summed E-state index contributed by atoms with van der Waals surface area (Å²) in [5.74, 6) is 0. The van der Waals surface area contributed by atoms with Crippen LogP contribution in [0.1, 0.15) is 0 Å². The molecule has 0 aliphatic heterocycles. The second kappa shape index (κ2) is 13.6. The van der Waals surface area contributed by atoms with Crippen LogP contribution in [-0.4, -0.2) is 0 Å². The molecule has 4 heteroatoms. The maximum absolute atomic E-state index is 6.68. The van der Waals surface area contributed by atoms with Gasteiger partial charge in [-0.1, -0.05) is 109 Å². The van der Waals surface area contributed by atoms with Crippen LogP contribution in [0.4, 0.5) is 34.1 Å². The van der Waals surface area contributed by atoms with Gasteiger partial charge in [-0.3, -0.25) is 0 Å². The highest BCUT2D eigenvalue weighted by molar-refractivity contribution is 6.18. The quantitative estimate of drug-likeness (QED) is 0.168. The van der Waals surface area contributed by atoms with Gasteiger partial charge in [0.1, 0.15) is 22.3 Å². The maximum Gasteiger partial charge on any atom is 0.136 e. The van der Waals surface area contributed by atoms with Crippen molar-refractivity contribution in [1.82, 2.24) is 0 Å². The van der Waals surface area contributed by atoms with Crippen LogP contribution in [-0.2, 0) is 0 Å². The fourth-order valence-corrected chi connectivity index (χ4v) is 9.46. The first-order valence-electron chi connectivity index (χ1n) is 21.1. The molecule has 13 aromatic rings. The molecule has 0 N–H and O–H groups in total. The van der Waals surface area contributed by atoms with Crippen molar-refractivity contribution in [3.63, 3.8) is 0 Å². The van der Waals surface area contributed by atoms with Crippen LogP contribution in [0.3, 0.4) is 0 Å². The van der Waals surface area contributed by atoms with Crippen molar-refractivity contribution in [3.8, 4) is 0 Å². The summed E-state index contributed by atoms with van der Waals surface area (Å²) in [6, 6.07) is 78.1. The predicted octanol–water partition coefficient (Wildman–Crippen LogP) is 17.0.